The molecular formula is C14H10F2N2O. The third kappa shape index (κ3) is 1.93. The molecule has 0 aliphatic rings. The topological polar surface area (TPSA) is 52.0 Å². The summed E-state index contributed by atoms with van der Waals surface area (Å²) in [7, 11) is 0. The van der Waals surface area contributed by atoms with Crippen molar-refractivity contribution in [2.45, 2.75) is 5.92 Å². The molecule has 96 valence electrons. The van der Waals surface area contributed by atoms with E-state index in [1.54, 1.807) is 6.07 Å². The van der Waals surface area contributed by atoms with Gasteiger partial charge in [0, 0.05) is 16.8 Å². The minimum absolute atomic E-state index is 0.147. The van der Waals surface area contributed by atoms with Crippen molar-refractivity contribution in [3.05, 3.63) is 60.0 Å². The summed E-state index contributed by atoms with van der Waals surface area (Å²) >= 11 is 0. The van der Waals surface area contributed by atoms with E-state index in [-0.39, 0.29) is 11.1 Å². The standard InChI is InChI=1S/C14H10F2N2O/c15-14(16,9-2-1-3-11(17)6-9)10-4-5-12-13(7-10)19-8-18-12/h1-8H,17H2. The number of benzene rings is 2. The molecule has 3 nitrogen and oxygen atoms in total. The number of oxazole rings is 1. The summed E-state index contributed by atoms with van der Waals surface area (Å²) in [6, 6.07) is 9.84. The van der Waals surface area contributed by atoms with Crippen LogP contribution < -0.4 is 5.73 Å². The van der Waals surface area contributed by atoms with Crippen molar-refractivity contribution in [2.75, 3.05) is 5.73 Å². The van der Waals surface area contributed by atoms with Gasteiger partial charge in [-0.15, -0.1) is 0 Å². The van der Waals surface area contributed by atoms with Gasteiger partial charge in [-0.25, -0.2) is 4.98 Å². The van der Waals surface area contributed by atoms with Crippen LogP contribution >= 0.6 is 0 Å². The van der Waals surface area contributed by atoms with Crippen LogP contribution in [0.4, 0.5) is 14.5 Å². The van der Waals surface area contributed by atoms with E-state index >= 15 is 0 Å². The van der Waals surface area contributed by atoms with E-state index in [2.05, 4.69) is 4.98 Å². The van der Waals surface area contributed by atoms with Crippen LogP contribution in [0.1, 0.15) is 11.1 Å². The molecule has 0 saturated carbocycles. The Morgan fingerprint density at radius 3 is 2.63 bits per heavy atom. The maximum atomic E-state index is 14.4. The summed E-state index contributed by atoms with van der Waals surface area (Å²) in [4.78, 5) is 3.90. The van der Waals surface area contributed by atoms with Gasteiger partial charge in [0.2, 0.25) is 0 Å². The molecule has 0 fully saturated rings. The highest BCUT2D eigenvalue weighted by Gasteiger charge is 2.34. The Morgan fingerprint density at radius 2 is 1.84 bits per heavy atom. The summed E-state index contributed by atoms with van der Waals surface area (Å²) in [5.74, 6) is -3.13. The van der Waals surface area contributed by atoms with Gasteiger partial charge >= 0.3 is 0 Å². The first-order chi connectivity index (χ1) is 9.07. The number of nitrogens with zero attached hydrogens (tertiary/aromatic N) is 1. The molecule has 0 bridgehead atoms. The fourth-order valence-corrected chi connectivity index (χ4v) is 1.95. The summed E-state index contributed by atoms with van der Waals surface area (Å²) in [6.45, 7) is 0. The van der Waals surface area contributed by atoms with Gasteiger partial charge in [-0.3, -0.25) is 0 Å². The smallest absolute Gasteiger partial charge is 0.298 e. The van der Waals surface area contributed by atoms with E-state index in [1.165, 1.54) is 42.8 Å². The lowest BCUT2D eigenvalue weighted by atomic mass is 9.99. The Balaban J connectivity index is 2.12. The molecule has 0 atom stereocenters. The van der Waals surface area contributed by atoms with E-state index in [0.717, 1.165) is 0 Å². The van der Waals surface area contributed by atoms with Crippen LogP contribution in [0.3, 0.4) is 0 Å². The van der Waals surface area contributed by atoms with Crippen LogP contribution in [0.5, 0.6) is 0 Å². The van der Waals surface area contributed by atoms with Gasteiger partial charge in [-0.2, -0.15) is 8.78 Å². The third-order valence-electron chi connectivity index (χ3n) is 2.94. The summed E-state index contributed by atoms with van der Waals surface area (Å²) in [5.41, 5.74) is 6.43. The largest absolute Gasteiger partial charge is 0.443 e. The number of hydrogen-bond acceptors (Lipinski definition) is 3. The van der Waals surface area contributed by atoms with Crippen molar-refractivity contribution < 1.29 is 13.2 Å². The predicted octanol–water partition coefficient (Wildman–Crippen LogP) is 3.55. The van der Waals surface area contributed by atoms with E-state index in [1.807, 2.05) is 0 Å². The molecule has 0 spiro atoms. The Hall–Kier alpha value is -2.43. The second-order valence-corrected chi connectivity index (χ2v) is 4.23. The number of nitrogens with two attached hydrogens (primary N) is 1. The highest BCUT2D eigenvalue weighted by molar-refractivity contribution is 5.73. The van der Waals surface area contributed by atoms with E-state index in [4.69, 9.17) is 10.2 Å². The zero-order valence-electron chi connectivity index (χ0n) is 9.81. The van der Waals surface area contributed by atoms with Crippen LogP contribution in [0.25, 0.3) is 11.1 Å². The number of nitrogen functional groups attached to an aromatic ring is 1. The lowest BCUT2D eigenvalue weighted by molar-refractivity contribution is 0.0429. The van der Waals surface area contributed by atoms with Gasteiger partial charge in [0.25, 0.3) is 5.92 Å². The van der Waals surface area contributed by atoms with Gasteiger partial charge in [-0.1, -0.05) is 18.2 Å². The third-order valence-corrected chi connectivity index (χ3v) is 2.94. The second kappa shape index (κ2) is 4.05. The molecule has 19 heavy (non-hydrogen) atoms. The van der Waals surface area contributed by atoms with Crippen LogP contribution in [-0.4, -0.2) is 4.98 Å². The van der Waals surface area contributed by atoms with Gasteiger partial charge in [0.05, 0.1) is 0 Å². The fraction of sp³-hybridized carbons (Fsp3) is 0.0714. The minimum Gasteiger partial charge on any atom is -0.443 e. The van der Waals surface area contributed by atoms with Gasteiger partial charge in [-0.05, 0) is 24.3 Å². The average Bonchev–Trinajstić information content (AvgIpc) is 2.85. The monoisotopic (exact) mass is 260 g/mol. The number of halogens is 2. The zero-order valence-corrected chi connectivity index (χ0v) is 9.81. The first kappa shape index (κ1) is 11.6. The highest BCUT2D eigenvalue weighted by Crippen LogP contribution is 2.37. The molecule has 1 heterocycles. The zero-order chi connectivity index (χ0) is 13.5. The van der Waals surface area contributed by atoms with Crippen molar-refractivity contribution in [3.8, 4) is 0 Å². The van der Waals surface area contributed by atoms with E-state index < -0.39 is 5.92 Å². The van der Waals surface area contributed by atoms with Crippen LogP contribution in [0, 0.1) is 0 Å². The molecule has 0 aliphatic heterocycles. The van der Waals surface area contributed by atoms with Crippen molar-refractivity contribution in [1.82, 2.24) is 4.98 Å². The lowest BCUT2D eigenvalue weighted by Gasteiger charge is -2.17. The molecule has 3 rings (SSSR count). The molecule has 1 aromatic heterocycles. The molecule has 0 aliphatic carbocycles. The SMILES string of the molecule is Nc1cccc(C(F)(F)c2ccc3ncoc3c2)c1. The van der Waals surface area contributed by atoms with Crippen molar-refractivity contribution in [1.29, 1.82) is 0 Å². The normalized spacial score (nSPS) is 11.9. The van der Waals surface area contributed by atoms with Crippen molar-refractivity contribution in [2.24, 2.45) is 0 Å². The Labute approximate surface area is 107 Å². The van der Waals surface area contributed by atoms with Crippen LogP contribution in [0.2, 0.25) is 0 Å². The number of aromatic nitrogens is 1. The minimum atomic E-state index is -3.13. The summed E-state index contributed by atoms with van der Waals surface area (Å²) in [6.07, 6.45) is 1.23. The number of hydrogen-bond donors (Lipinski definition) is 1. The Morgan fingerprint density at radius 1 is 1.05 bits per heavy atom. The molecule has 0 saturated heterocycles. The van der Waals surface area contributed by atoms with E-state index in [9.17, 15) is 8.78 Å². The lowest BCUT2D eigenvalue weighted by Crippen LogP contribution is -2.15. The molecule has 0 unspecified atom stereocenters. The van der Waals surface area contributed by atoms with Gasteiger partial charge < -0.3 is 10.2 Å². The highest BCUT2D eigenvalue weighted by atomic mass is 19.3. The summed E-state index contributed by atoms with van der Waals surface area (Å²) in [5, 5.41) is 0. The molecule has 0 radical (unpaired) electrons. The number of fused-ring (bicyclic) bond motifs is 1. The van der Waals surface area contributed by atoms with E-state index in [0.29, 0.717) is 16.8 Å². The van der Waals surface area contributed by atoms with Crippen LogP contribution in [0.15, 0.2) is 53.3 Å². The molecule has 5 heteroatoms. The van der Waals surface area contributed by atoms with Gasteiger partial charge in [0.15, 0.2) is 12.0 Å². The maximum absolute atomic E-state index is 14.4. The van der Waals surface area contributed by atoms with Crippen molar-refractivity contribution >= 4 is 16.8 Å². The molecule has 3 aromatic rings. The average molecular weight is 260 g/mol. The Kier molecular flexibility index (Phi) is 2.48. The molecular weight excluding hydrogens is 250 g/mol. The van der Waals surface area contributed by atoms with Crippen LogP contribution in [-0.2, 0) is 5.92 Å². The van der Waals surface area contributed by atoms with Crippen molar-refractivity contribution in [3.63, 3.8) is 0 Å². The van der Waals surface area contributed by atoms with Gasteiger partial charge in [0.1, 0.15) is 5.52 Å². The Bertz CT molecular complexity index is 737. The first-order valence-electron chi connectivity index (χ1n) is 5.65. The first-order valence-corrected chi connectivity index (χ1v) is 5.65. The number of anilines is 1. The summed E-state index contributed by atoms with van der Waals surface area (Å²) < 4.78 is 33.8. The number of rotatable bonds is 2. The maximum Gasteiger partial charge on any atom is 0.298 e. The molecule has 2 aromatic carbocycles. The number of alkyl halides is 2. The fourth-order valence-electron chi connectivity index (χ4n) is 1.95. The molecule has 2 N–H and O–H groups in total. The predicted molar refractivity (Wildman–Crippen MR) is 67.9 cm³/mol. The second-order valence-electron chi connectivity index (χ2n) is 4.23. The quantitative estimate of drug-likeness (QED) is 0.717. The molecule has 0 amide bonds.